The molecule has 1 aromatic heterocycles. The molecule has 2 heterocycles. The first kappa shape index (κ1) is 22.1. The molecule has 2 rings (SSSR count). The van der Waals surface area contributed by atoms with Crippen LogP contribution in [0, 0.1) is 5.41 Å². The van der Waals surface area contributed by atoms with E-state index in [1.54, 1.807) is 32.6 Å². The third-order valence-corrected chi connectivity index (χ3v) is 5.03. The van der Waals surface area contributed by atoms with Crippen molar-refractivity contribution in [3.63, 3.8) is 0 Å². The van der Waals surface area contributed by atoms with E-state index in [1.807, 2.05) is 20.8 Å². The molecule has 1 aliphatic heterocycles. The van der Waals surface area contributed by atoms with Crippen LogP contribution in [0.1, 0.15) is 59.0 Å². The summed E-state index contributed by atoms with van der Waals surface area (Å²) in [5, 5.41) is 5.93. The van der Waals surface area contributed by atoms with Gasteiger partial charge in [-0.2, -0.15) is 0 Å². The Balaban J connectivity index is 1.97. The highest BCUT2D eigenvalue weighted by atomic mass is 32.1. The first-order chi connectivity index (χ1) is 12.8. The number of fused-ring (bicyclic) bond motifs is 1. The normalized spacial score (nSPS) is 15.5. The van der Waals surface area contributed by atoms with Crippen LogP contribution in [0.3, 0.4) is 0 Å². The minimum Gasteiger partial charge on any atom is -0.444 e. The minimum absolute atomic E-state index is 0.193. The number of nitrogens with one attached hydrogen (secondary N) is 2. The van der Waals surface area contributed by atoms with Crippen LogP contribution in [0.4, 0.5) is 9.93 Å². The van der Waals surface area contributed by atoms with Crippen molar-refractivity contribution in [1.29, 1.82) is 0 Å². The van der Waals surface area contributed by atoms with Crippen molar-refractivity contribution in [2.45, 2.75) is 73.1 Å². The fourth-order valence-corrected chi connectivity index (χ4v) is 3.45. The van der Waals surface area contributed by atoms with Crippen molar-refractivity contribution in [3.05, 3.63) is 10.6 Å². The number of hydrogen-bond donors (Lipinski definition) is 2. The average molecular weight is 411 g/mol. The summed E-state index contributed by atoms with van der Waals surface area (Å²) < 4.78 is 5.42. The molecule has 1 atom stereocenters. The van der Waals surface area contributed by atoms with E-state index in [9.17, 15) is 14.4 Å². The molecule has 1 unspecified atom stereocenters. The van der Waals surface area contributed by atoms with Crippen LogP contribution in [0.2, 0.25) is 0 Å². The van der Waals surface area contributed by atoms with E-state index in [0.29, 0.717) is 24.6 Å². The lowest BCUT2D eigenvalue weighted by Gasteiger charge is -2.29. The zero-order valence-electron chi connectivity index (χ0n) is 17.6. The van der Waals surface area contributed by atoms with E-state index in [2.05, 4.69) is 15.6 Å². The molecule has 0 saturated carbocycles. The zero-order chi connectivity index (χ0) is 21.3. The van der Waals surface area contributed by atoms with Crippen molar-refractivity contribution in [2.75, 3.05) is 11.9 Å². The number of carbonyl (C=O) groups excluding carboxylic acids is 3. The molecule has 0 spiro atoms. The number of hydrogen-bond acceptors (Lipinski definition) is 6. The molecular weight excluding hydrogens is 380 g/mol. The van der Waals surface area contributed by atoms with E-state index >= 15 is 0 Å². The van der Waals surface area contributed by atoms with E-state index in [4.69, 9.17) is 4.74 Å². The van der Waals surface area contributed by atoms with E-state index in [1.165, 1.54) is 11.3 Å². The highest BCUT2D eigenvalue weighted by Gasteiger charge is 2.29. The van der Waals surface area contributed by atoms with E-state index in [0.717, 1.165) is 10.6 Å². The summed E-state index contributed by atoms with van der Waals surface area (Å²) >= 11 is 1.34. The van der Waals surface area contributed by atoms with Crippen LogP contribution in [-0.4, -0.2) is 46.0 Å². The first-order valence-corrected chi connectivity index (χ1v) is 10.2. The SMILES string of the molecule is CC(NC(=O)C(C)(C)C)C(=O)Nc1nc2c(s1)CN(C(=O)OC(C)(C)C)CC2. The second-order valence-corrected chi connectivity index (χ2v) is 10.1. The smallest absolute Gasteiger partial charge is 0.410 e. The van der Waals surface area contributed by atoms with Gasteiger partial charge in [0.05, 0.1) is 12.2 Å². The molecule has 3 amide bonds. The summed E-state index contributed by atoms with van der Waals surface area (Å²) in [4.78, 5) is 43.7. The molecule has 28 heavy (non-hydrogen) atoms. The van der Waals surface area contributed by atoms with Crippen LogP contribution in [0.5, 0.6) is 0 Å². The van der Waals surface area contributed by atoms with Gasteiger partial charge in [0.2, 0.25) is 11.8 Å². The summed E-state index contributed by atoms with van der Waals surface area (Å²) in [6.07, 6.45) is 0.257. The van der Waals surface area contributed by atoms with Gasteiger partial charge in [0.1, 0.15) is 11.6 Å². The number of aromatic nitrogens is 1. The minimum atomic E-state index is -0.675. The number of rotatable bonds is 3. The van der Waals surface area contributed by atoms with Gasteiger partial charge >= 0.3 is 6.09 Å². The Bertz CT molecular complexity index is 761. The molecule has 0 saturated heterocycles. The van der Waals surface area contributed by atoms with Crippen molar-refractivity contribution in [3.8, 4) is 0 Å². The maximum atomic E-state index is 12.4. The maximum absolute atomic E-state index is 12.4. The van der Waals surface area contributed by atoms with Crippen molar-refractivity contribution >= 4 is 34.4 Å². The highest BCUT2D eigenvalue weighted by molar-refractivity contribution is 7.15. The Labute approximate surface area is 170 Å². The predicted octanol–water partition coefficient (Wildman–Crippen LogP) is 2.93. The highest BCUT2D eigenvalue weighted by Crippen LogP contribution is 2.29. The standard InChI is InChI=1S/C19H30N4O4S/c1-11(20-15(25)18(2,3)4)14(24)22-16-21-12-8-9-23(10-13(12)28-16)17(26)27-19(5,6)7/h11H,8-10H2,1-7H3,(H,20,25)(H,21,22,24). The van der Waals surface area contributed by atoms with Crippen LogP contribution in [0.25, 0.3) is 0 Å². The number of nitrogens with zero attached hydrogens (tertiary/aromatic N) is 2. The van der Waals surface area contributed by atoms with Gasteiger partial charge in [-0.3, -0.25) is 9.59 Å². The second kappa shape index (κ2) is 8.06. The Hall–Kier alpha value is -2.16. The van der Waals surface area contributed by atoms with Crippen molar-refractivity contribution < 1.29 is 19.1 Å². The molecule has 156 valence electrons. The quantitative estimate of drug-likeness (QED) is 0.798. The maximum Gasteiger partial charge on any atom is 0.410 e. The zero-order valence-corrected chi connectivity index (χ0v) is 18.5. The number of amides is 3. The van der Waals surface area contributed by atoms with Crippen molar-refractivity contribution in [1.82, 2.24) is 15.2 Å². The number of anilines is 1. The van der Waals surface area contributed by atoms with E-state index in [-0.39, 0.29) is 17.9 Å². The summed E-state index contributed by atoms with van der Waals surface area (Å²) in [6, 6.07) is -0.675. The first-order valence-electron chi connectivity index (χ1n) is 9.34. The molecule has 1 aromatic rings. The third-order valence-electron chi connectivity index (χ3n) is 4.04. The molecule has 8 nitrogen and oxygen atoms in total. The van der Waals surface area contributed by atoms with Crippen LogP contribution < -0.4 is 10.6 Å². The average Bonchev–Trinajstić information content (AvgIpc) is 2.93. The van der Waals surface area contributed by atoms with Gasteiger partial charge in [0, 0.05) is 23.3 Å². The second-order valence-electron chi connectivity index (χ2n) is 8.98. The Morgan fingerprint density at radius 2 is 1.82 bits per heavy atom. The molecule has 0 bridgehead atoms. The molecule has 0 aliphatic carbocycles. The lowest BCUT2D eigenvalue weighted by Crippen LogP contribution is -2.46. The van der Waals surface area contributed by atoms with Gasteiger partial charge in [0.15, 0.2) is 5.13 Å². The number of ether oxygens (including phenoxy) is 1. The fourth-order valence-electron chi connectivity index (χ4n) is 2.42. The molecule has 0 fully saturated rings. The molecule has 1 aliphatic rings. The van der Waals surface area contributed by atoms with E-state index < -0.39 is 17.1 Å². The molecule has 2 N–H and O–H groups in total. The Morgan fingerprint density at radius 3 is 2.39 bits per heavy atom. The molecule has 9 heteroatoms. The number of thiazole rings is 1. The monoisotopic (exact) mass is 410 g/mol. The van der Waals surface area contributed by atoms with Gasteiger partial charge in [-0.05, 0) is 27.7 Å². The lowest BCUT2D eigenvalue weighted by atomic mass is 9.95. The summed E-state index contributed by atoms with van der Waals surface area (Å²) in [7, 11) is 0. The van der Waals surface area contributed by atoms with Gasteiger partial charge < -0.3 is 20.3 Å². The predicted molar refractivity (Wildman–Crippen MR) is 108 cm³/mol. The van der Waals surface area contributed by atoms with Gasteiger partial charge in [0.25, 0.3) is 0 Å². The summed E-state index contributed by atoms with van der Waals surface area (Å²) in [5.74, 6) is -0.519. The lowest BCUT2D eigenvalue weighted by molar-refractivity contribution is -0.131. The molecular formula is C19H30N4O4S. The van der Waals surface area contributed by atoms with Gasteiger partial charge in [-0.1, -0.05) is 32.1 Å². The largest absolute Gasteiger partial charge is 0.444 e. The van der Waals surface area contributed by atoms with Crippen LogP contribution >= 0.6 is 11.3 Å². The van der Waals surface area contributed by atoms with Crippen LogP contribution in [0.15, 0.2) is 0 Å². The van der Waals surface area contributed by atoms with Crippen molar-refractivity contribution in [2.24, 2.45) is 5.41 Å². The summed E-state index contributed by atoms with van der Waals surface area (Å²) in [6.45, 7) is 13.4. The van der Waals surface area contributed by atoms with Gasteiger partial charge in [-0.25, -0.2) is 9.78 Å². The number of carbonyl (C=O) groups is 3. The Morgan fingerprint density at radius 1 is 1.18 bits per heavy atom. The Kier molecular flexibility index (Phi) is 6.37. The fraction of sp³-hybridized carbons (Fsp3) is 0.684. The molecule has 0 aromatic carbocycles. The van der Waals surface area contributed by atoms with Gasteiger partial charge in [-0.15, -0.1) is 0 Å². The topological polar surface area (TPSA) is 101 Å². The third kappa shape index (κ3) is 5.92. The molecule has 0 radical (unpaired) electrons. The van der Waals surface area contributed by atoms with Crippen LogP contribution in [-0.2, 0) is 27.3 Å². The summed E-state index contributed by atoms with van der Waals surface area (Å²) in [5.41, 5.74) is -0.232.